The third-order valence-corrected chi connectivity index (χ3v) is 9.07. The van der Waals surface area contributed by atoms with Gasteiger partial charge in [-0.15, -0.1) is 0 Å². The van der Waals surface area contributed by atoms with Crippen molar-refractivity contribution in [3.05, 3.63) is 92.9 Å². The van der Waals surface area contributed by atoms with E-state index in [0.717, 1.165) is 26.1 Å². The fourth-order valence-corrected chi connectivity index (χ4v) is 6.03. The molecule has 0 radical (unpaired) electrons. The van der Waals surface area contributed by atoms with Gasteiger partial charge in [-0.2, -0.15) is 0 Å². The highest BCUT2D eigenvalue weighted by molar-refractivity contribution is 6.76. The van der Waals surface area contributed by atoms with Gasteiger partial charge in [0.2, 0.25) is 0 Å². The molecule has 170 valence electrons. The van der Waals surface area contributed by atoms with E-state index in [2.05, 4.69) is 99.4 Å². The number of benzene rings is 2. The van der Waals surface area contributed by atoms with Crippen LogP contribution in [0.3, 0.4) is 0 Å². The van der Waals surface area contributed by atoms with Crippen molar-refractivity contribution in [3.8, 4) is 0 Å². The fraction of sp³-hybridized carbons (Fsp3) is 0.355. The molecule has 3 aliphatic carbocycles. The van der Waals surface area contributed by atoms with Crippen LogP contribution in [0.25, 0.3) is 23.8 Å². The lowest BCUT2D eigenvalue weighted by atomic mass is 9.78. The summed E-state index contributed by atoms with van der Waals surface area (Å²) in [5.41, 5.74) is 8.61. The summed E-state index contributed by atoms with van der Waals surface area (Å²) in [6.45, 7) is 11.2. The Morgan fingerprint density at radius 3 is 2.61 bits per heavy atom. The van der Waals surface area contributed by atoms with Crippen LogP contribution >= 0.6 is 0 Å². The third-order valence-electron chi connectivity index (χ3n) is 7.36. The van der Waals surface area contributed by atoms with E-state index in [1.165, 1.54) is 44.3 Å². The molecular weight excluding hydrogens is 416 g/mol. The van der Waals surface area contributed by atoms with E-state index in [1.54, 1.807) is 5.57 Å². The molecule has 2 unspecified atom stereocenters. The number of allylic oxidation sites excluding steroid dienone is 4. The summed E-state index contributed by atoms with van der Waals surface area (Å²) in [7, 11) is -1.05. The Hall–Kier alpha value is -2.42. The van der Waals surface area contributed by atoms with Crippen molar-refractivity contribution < 1.29 is 4.74 Å². The Labute approximate surface area is 199 Å². The molecular formula is C31H36OSi. The zero-order valence-electron chi connectivity index (χ0n) is 20.5. The van der Waals surface area contributed by atoms with E-state index in [-0.39, 0.29) is 0 Å². The Morgan fingerprint density at radius 1 is 1.00 bits per heavy atom. The van der Waals surface area contributed by atoms with Crippen LogP contribution in [0, 0.1) is 5.92 Å². The molecule has 3 aliphatic rings. The van der Waals surface area contributed by atoms with Gasteiger partial charge >= 0.3 is 0 Å². The highest BCUT2D eigenvalue weighted by atomic mass is 28.3. The fourth-order valence-electron chi connectivity index (χ4n) is 5.27. The smallest absolute Gasteiger partial charge is 0.0566 e. The van der Waals surface area contributed by atoms with Crippen LogP contribution in [-0.2, 0) is 4.74 Å². The lowest BCUT2D eigenvalue weighted by Crippen LogP contribution is -2.35. The molecule has 0 heterocycles. The highest BCUT2D eigenvalue weighted by Crippen LogP contribution is 2.37. The molecule has 0 saturated carbocycles. The number of hydrogen-bond acceptors (Lipinski definition) is 1. The second kappa shape index (κ2) is 9.08. The lowest BCUT2D eigenvalue weighted by Gasteiger charge is -2.27. The van der Waals surface area contributed by atoms with Crippen molar-refractivity contribution in [2.75, 3.05) is 13.2 Å². The molecule has 2 aromatic rings. The van der Waals surface area contributed by atoms with Crippen molar-refractivity contribution in [2.24, 2.45) is 5.92 Å². The topological polar surface area (TPSA) is 9.23 Å². The van der Waals surface area contributed by atoms with Gasteiger partial charge in [0.15, 0.2) is 0 Å². The average molecular weight is 453 g/mol. The Balaban J connectivity index is 1.41. The molecule has 0 N–H and O–H groups in total. The van der Waals surface area contributed by atoms with Crippen molar-refractivity contribution in [3.63, 3.8) is 0 Å². The summed E-state index contributed by atoms with van der Waals surface area (Å²) in [5.74, 6) is 0.867. The Bertz CT molecular complexity index is 1250. The Kier molecular flexibility index (Phi) is 6.16. The van der Waals surface area contributed by atoms with E-state index in [4.69, 9.17) is 4.74 Å². The number of ether oxygens (including phenoxy) is 1. The SMILES string of the molecule is CC1=Cc2ccc3c(c2=CC1COCC[Si](C)(C)C)=CCC1=C3C=CC(c2ccccc2)C1. The van der Waals surface area contributed by atoms with Crippen LogP contribution in [0.2, 0.25) is 25.7 Å². The maximum absolute atomic E-state index is 6.15. The molecule has 2 heteroatoms. The molecule has 0 spiro atoms. The minimum Gasteiger partial charge on any atom is -0.381 e. The van der Waals surface area contributed by atoms with Gasteiger partial charge in [-0.3, -0.25) is 0 Å². The molecule has 2 atom stereocenters. The number of fused-ring (bicyclic) bond motifs is 4. The minimum atomic E-state index is -1.05. The van der Waals surface area contributed by atoms with Crippen molar-refractivity contribution in [1.82, 2.24) is 0 Å². The summed E-state index contributed by atoms with van der Waals surface area (Å²) in [4.78, 5) is 0. The largest absolute Gasteiger partial charge is 0.381 e. The van der Waals surface area contributed by atoms with Gasteiger partial charge in [0.05, 0.1) is 6.61 Å². The monoisotopic (exact) mass is 452 g/mol. The first kappa shape index (κ1) is 22.4. The molecule has 0 aliphatic heterocycles. The molecule has 0 fully saturated rings. The molecule has 33 heavy (non-hydrogen) atoms. The second-order valence-electron chi connectivity index (χ2n) is 11.1. The van der Waals surface area contributed by atoms with Gasteiger partial charge in [-0.05, 0) is 58.5 Å². The standard InChI is InChI=1S/C31H36OSi/c1-22-18-25-11-14-29-28-13-10-24(23-8-6-5-7-9-23)19-26(28)12-15-30(29)31(25)20-27(22)21-32-16-17-33(2,3)4/h5-11,13-15,18,20,24,27H,12,16-17,19,21H2,1-4H3. The summed E-state index contributed by atoms with van der Waals surface area (Å²) in [6.07, 6.45) is 14.3. The summed E-state index contributed by atoms with van der Waals surface area (Å²) in [5, 5.41) is 2.83. The molecule has 2 aromatic carbocycles. The molecule has 1 nitrogen and oxygen atoms in total. The van der Waals surface area contributed by atoms with Crippen molar-refractivity contribution >= 4 is 31.9 Å². The molecule has 5 rings (SSSR count). The highest BCUT2D eigenvalue weighted by Gasteiger charge is 2.23. The van der Waals surface area contributed by atoms with Crippen molar-refractivity contribution in [1.29, 1.82) is 0 Å². The first-order chi connectivity index (χ1) is 15.9. The van der Waals surface area contributed by atoms with E-state index < -0.39 is 8.07 Å². The maximum Gasteiger partial charge on any atom is 0.0566 e. The lowest BCUT2D eigenvalue weighted by molar-refractivity contribution is 0.136. The molecule has 0 aromatic heterocycles. The normalized spacial score (nSPS) is 21.4. The first-order valence-corrected chi connectivity index (χ1v) is 16.2. The van der Waals surface area contributed by atoms with Gasteiger partial charge in [0, 0.05) is 26.5 Å². The predicted octanol–water partition coefficient (Wildman–Crippen LogP) is 6.54. The van der Waals surface area contributed by atoms with Gasteiger partial charge < -0.3 is 4.74 Å². The van der Waals surface area contributed by atoms with Crippen LogP contribution in [0.5, 0.6) is 0 Å². The molecule has 0 amide bonds. The quantitative estimate of drug-likeness (QED) is 0.357. The summed E-state index contributed by atoms with van der Waals surface area (Å²) in [6, 6.07) is 16.8. The number of hydrogen-bond donors (Lipinski definition) is 0. The molecule has 0 saturated heterocycles. The third kappa shape index (κ3) is 4.78. The van der Waals surface area contributed by atoms with Crippen molar-refractivity contribution in [2.45, 2.75) is 51.4 Å². The average Bonchev–Trinajstić information content (AvgIpc) is 2.81. The van der Waals surface area contributed by atoms with Crippen LogP contribution in [0.15, 0.2) is 65.8 Å². The van der Waals surface area contributed by atoms with Crippen LogP contribution in [0.1, 0.15) is 42.4 Å². The van der Waals surface area contributed by atoms with E-state index in [0.29, 0.717) is 11.8 Å². The zero-order valence-corrected chi connectivity index (χ0v) is 21.5. The van der Waals surface area contributed by atoms with Gasteiger partial charge in [0.1, 0.15) is 0 Å². The zero-order chi connectivity index (χ0) is 23.0. The van der Waals surface area contributed by atoms with E-state index >= 15 is 0 Å². The van der Waals surface area contributed by atoms with Crippen LogP contribution in [0.4, 0.5) is 0 Å². The van der Waals surface area contributed by atoms with Crippen LogP contribution in [-0.4, -0.2) is 21.3 Å². The van der Waals surface area contributed by atoms with Gasteiger partial charge in [-0.1, -0.05) is 104 Å². The maximum atomic E-state index is 6.15. The minimum absolute atomic E-state index is 0.374. The summed E-state index contributed by atoms with van der Waals surface area (Å²) >= 11 is 0. The van der Waals surface area contributed by atoms with E-state index in [1.807, 2.05) is 0 Å². The Morgan fingerprint density at radius 2 is 1.82 bits per heavy atom. The first-order valence-electron chi connectivity index (χ1n) is 12.5. The van der Waals surface area contributed by atoms with Crippen LogP contribution < -0.4 is 10.4 Å². The van der Waals surface area contributed by atoms with Gasteiger partial charge in [-0.25, -0.2) is 0 Å². The number of rotatable bonds is 6. The second-order valence-corrected chi connectivity index (χ2v) is 16.7. The molecule has 0 bridgehead atoms. The van der Waals surface area contributed by atoms with E-state index in [9.17, 15) is 0 Å². The van der Waals surface area contributed by atoms with Gasteiger partial charge in [0.25, 0.3) is 0 Å². The summed E-state index contributed by atoms with van der Waals surface area (Å²) < 4.78 is 6.15. The predicted molar refractivity (Wildman–Crippen MR) is 145 cm³/mol.